The Morgan fingerprint density at radius 2 is 1.96 bits per heavy atom. The van der Waals surface area contributed by atoms with Crippen molar-refractivity contribution in [3.8, 4) is 0 Å². The average molecular weight is 742 g/mol. The lowest BCUT2D eigenvalue weighted by atomic mass is 9.70. The van der Waals surface area contributed by atoms with E-state index in [1.165, 1.54) is 0 Å². The molecule has 3 heterocycles. The molecule has 11 nitrogen and oxygen atoms in total. The Bertz CT molecular complexity index is 1480. The van der Waals surface area contributed by atoms with Gasteiger partial charge in [-0.15, -0.1) is 24.8 Å². The molecule has 1 aromatic heterocycles. The molecule has 1 amide bonds. The van der Waals surface area contributed by atoms with Gasteiger partial charge < -0.3 is 15.0 Å². The van der Waals surface area contributed by atoms with E-state index in [2.05, 4.69) is 21.7 Å². The minimum Gasteiger partial charge on any atom is -0.376 e. The first kappa shape index (κ1) is 37.8. The van der Waals surface area contributed by atoms with E-state index in [0.717, 1.165) is 37.6 Å². The summed E-state index contributed by atoms with van der Waals surface area (Å²) in [5.41, 5.74) is 1.21. The number of hydrogen-bond acceptors (Lipinski definition) is 10. The van der Waals surface area contributed by atoms with Gasteiger partial charge in [0.1, 0.15) is 5.82 Å². The third-order valence-electron chi connectivity index (χ3n) is 10.4. The number of hydrogen-bond donors (Lipinski definition) is 2. The molecule has 2 saturated heterocycles. The molecule has 0 radical (unpaired) electrons. The fourth-order valence-corrected chi connectivity index (χ4v) is 10.8. The Balaban J connectivity index is 1.24. The van der Waals surface area contributed by atoms with Crippen molar-refractivity contribution in [2.45, 2.75) is 107 Å². The van der Waals surface area contributed by atoms with Gasteiger partial charge in [-0.2, -0.15) is 11.8 Å². The number of aromatic nitrogens is 2. The van der Waals surface area contributed by atoms with E-state index in [1.807, 2.05) is 4.90 Å². The largest absolute Gasteiger partial charge is 0.522 e. The second-order valence-corrected chi connectivity index (χ2v) is 17.4. The molecule has 48 heavy (non-hydrogen) atoms. The Labute approximate surface area is 289 Å². The van der Waals surface area contributed by atoms with Gasteiger partial charge in [-0.25, -0.2) is 13.4 Å². The van der Waals surface area contributed by atoms with Crippen LogP contribution in [0.25, 0.3) is 0 Å². The zero-order valence-corrected chi connectivity index (χ0v) is 30.2. The molecule has 0 bridgehead atoms. The van der Waals surface area contributed by atoms with Crippen molar-refractivity contribution in [1.29, 1.82) is 0 Å². The van der Waals surface area contributed by atoms with Gasteiger partial charge >= 0.3 is 6.36 Å². The number of thioether (sulfide) groups is 1. The summed E-state index contributed by atoms with van der Waals surface area (Å²) in [5.74, 6) is 0.542. The monoisotopic (exact) mass is 741 g/mol. The maximum Gasteiger partial charge on any atom is 0.522 e. The van der Waals surface area contributed by atoms with Crippen molar-refractivity contribution in [2.75, 3.05) is 38.8 Å². The Morgan fingerprint density at radius 3 is 2.67 bits per heavy atom. The fraction of sp³-hybridized carbons (Fsp3) is 0.839. The van der Waals surface area contributed by atoms with Crippen LogP contribution in [-0.4, -0.2) is 109 Å². The zero-order chi connectivity index (χ0) is 35.0. The van der Waals surface area contributed by atoms with Crippen molar-refractivity contribution < 1.29 is 35.9 Å². The van der Waals surface area contributed by atoms with Gasteiger partial charge in [-0.1, -0.05) is 0 Å². The number of likely N-dealkylation sites (N-methyl/N-ethyl adjacent to an activating group) is 1. The first-order chi connectivity index (χ1) is 22.5. The van der Waals surface area contributed by atoms with E-state index in [-0.39, 0.29) is 58.8 Å². The lowest BCUT2D eigenvalue weighted by Crippen LogP contribution is -2.58. The summed E-state index contributed by atoms with van der Waals surface area (Å²) in [6, 6.07) is -0.128. The van der Waals surface area contributed by atoms with Crippen LogP contribution in [0.3, 0.4) is 0 Å². The molecule has 17 heteroatoms. The molecular weight excluding hydrogens is 695 g/mol. The summed E-state index contributed by atoms with van der Waals surface area (Å²) in [6.45, 7) is 4.13. The third-order valence-corrected chi connectivity index (χ3v) is 12.9. The third kappa shape index (κ3) is 9.26. The molecule has 4 aliphatic rings. The molecule has 272 valence electrons. The number of rotatable bonds is 11. The second-order valence-electron chi connectivity index (χ2n) is 13.8. The standard InChI is InChI=1S/C31H47ClF3N5O6S2/c1-17-13-22(28-27(36-17)24(16-47-28)29(41)38-48(4,43)44)21-14-19(32)5-8-26(21)45-11-10-40-18(2)37-25-7-6-20(15-23(25)30(40)42)39(3)9-12-46-31(33,34)35/h17,19-22,24,26-28,36H,5-16H2,1-4H3,(H,38,41). The van der Waals surface area contributed by atoms with Gasteiger partial charge in [-0.3, -0.25) is 23.6 Å². The number of nitrogens with one attached hydrogen (secondary N) is 2. The molecule has 0 aromatic carbocycles. The molecule has 2 aliphatic carbocycles. The van der Waals surface area contributed by atoms with Gasteiger partial charge in [0.2, 0.25) is 15.9 Å². The lowest BCUT2D eigenvalue weighted by molar-refractivity contribution is -0.325. The number of sulfonamides is 1. The van der Waals surface area contributed by atoms with Gasteiger partial charge in [0.25, 0.3) is 5.56 Å². The summed E-state index contributed by atoms with van der Waals surface area (Å²) >= 11 is 8.43. The van der Waals surface area contributed by atoms with Crippen LogP contribution in [0.15, 0.2) is 4.79 Å². The van der Waals surface area contributed by atoms with E-state index < -0.39 is 34.8 Å². The zero-order valence-electron chi connectivity index (χ0n) is 27.8. The second kappa shape index (κ2) is 15.4. The van der Waals surface area contributed by atoms with Crippen LogP contribution in [0.4, 0.5) is 13.2 Å². The van der Waals surface area contributed by atoms with E-state index in [0.29, 0.717) is 49.6 Å². The predicted octanol–water partition coefficient (Wildman–Crippen LogP) is 2.84. The van der Waals surface area contributed by atoms with Crippen molar-refractivity contribution in [1.82, 2.24) is 24.5 Å². The van der Waals surface area contributed by atoms with Gasteiger partial charge in [0, 0.05) is 46.6 Å². The molecule has 9 atom stereocenters. The molecular formula is C31H47ClF3N5O6S2. The van der Waals surface area contributed by atoms with Gasteiger partial charge in [0.15, 0.2) is 0 Å². The average Bonchev–Trinajstić information content (AvgIpc) is 3.41. The highest BCUT2D eigenvalue weighted by atomic mass is 35.5. The number of amides is 1. The highest BCUT2D eigenvalue weighted by Gasteiger charge is 2.52. The Morgan fingerprint density at radius 1 is 1.21 bits per heavy atom. The quantitative estimate of drug-likeness (QED) is 0.327. The fourth-order valence-electron chi connectivity index (χ4n) is 8.12. The smallest absolute Gasteiger partial charge is 0.376 e. The minimum absolute atomic E-state index is 0.00929. The predicted molar refractivity (Wildman–Crippen MR) is 178 cm³/mol. The molecule has 5 rings (SSSR count). The summed E-state index contributed by atoms with van der Waals surface area (Å²) in [4.78, 5) is 33.1. The van der Waals surface area contributed by atoms with E-state index in [9.17, 15) is 31.2 Å². The molecule has 9 unspecified atom stereocenters. The topological polar surface area (TPSA) is 132 Å². The number of halogens is 4. The highest BCUT2D eigenvalue weighted by Crippen LogP contribution is 2.48. The van der Waals surface area contributed by atoms with Crippen LogP contribution in [0.5, 0.6) is 0 Å². The SMILES string of the molecule is Cc1nc2c(c(=O)n1CCOC1CCC(Cl)CC1C1CC(C)NC3C(C(=O)NS(C)(=O)=O)CSC13)CC(N(C)CCOC(F)(F)F)CC2. The normalized spacial score (nSPS) is 32.6. The van der Waals surface area contributed by atoms with Crippen LogP contribution in [-0.2, 0) is 43.7 Å². The van der Waals surface area contributed by atoms with Crippen molar-refractivity contribution >= 4 is 39.3 Å². The number of carbonyl (C=O) groups excluding carboxylic acids is 1. The van der Waals surface area contributed by atoms with Crippen LogP contribution in [0, 0.1) is 24.7 Å². The molecule has 2 aliphatic heterocycles. The van der Waals surface area contributed by atoms with Crippen LogP contribution in [0.1, 0.15) is 56.1 Å². The van der Waals surface area contributed by atoms with Crippen molar-refractivity contribution in [3.63, 3.8) is 0 Å². The van der Waals surface area contributed by atoms with E-state index >= 15 is 0 Å². The maximum absolute atomic E-state index is 13.7. The molecule has 3 fully saturated rings. The van der Waals surface area contributed by atoms with Crippen molar-refractivity contribution in [3.05, 3.63) is 27.4 Å². The summed E-state index contributed by atoms with van der Waals surface area (Å²) in [5, 5.41) is 3.68. The summed E-state index contributed by atoms with van der Waals surface area (Å²) < 4.78 is 75.2. The van der Waals surface area contributed by atoms with E-state index in [1.54, 1.807) is 30.3 Å². The minimum atomic E-state index is -4.67. The Kier molecular flexibility index (Phi) is 12.2. The number of fused-ring (bicyclic) bond motifs is 2. The summed E-state index contributed by atoms with van der Waals surface area (Å²) in [6.07, 6.45) is 1.15. The molecule has 2 N–H and O–H groups in total. The van der Waals surface area contributed by atoms with Crippen LogP contribution < -0.4 is 15.6 Å². The number of carbonyl (C=O) groups is 1. The number of piperidine rings is 1. The molecule has 1 aromatic rings. The number of aryl methyl sites for hydroxylation is 2. The Hall–Kier alpha value is -1.43. The summed E-state index contributed by atoms with van der Waals surface area (Å²) in [7, 11) is -1.92. The van der Waals surface area contributed by atoms with Gasteiger partial charge in [-0.05, 0) is 77.7 Å². The number of alkyl halides is 4. The first-order valence-electron chi connectivity index (χ1n) is 16.7. The number of ether oxygens (including phenoxy) is 2. The van der Waals surface area contributed by atoms with Crippen LogP contribution in [0.2, 0.25) is 0 Å². The molecule has 1 saturated carbocycles. The number of nitrogens with zero attached hydrogens (tertiary/aromatic N) is 3. The van der Waals surface area contributed by atoms with Gasteiger partial charge in [0.05, 0.1) is 43.7 Å². The van der Waals surface area contributed by atoms with E-state index in [4.69, 9.17) is 21.3 Å². The van der Waals surface area contributed by atoms with Crippen molar-refractivity contribution in [2.24, 2.45) is 17.8 Å². The highest BCUT2D eigenvalue weighted by molar-refractivity contribution is 8.00. The lowest BCUT2D eigenvalue weighted by Gasteiger charge is -2.47. The maximum atomic E-state index is 13.7. The van der Waals surface area contributed by atoms with Crippen LogP contribution >= 0.6 is 23.4 Å². The molecule has 0 spiro atoms. The first-order valence-corrected chi connectivity index (χ1v) is 20.0.